The van der Waals surface area contributed by atoms with Crippen LogP contribution in [0.5, 0.6) is 0 Å². The van der Waals surface area contributed by atoms with Crippen molar-refractivity contribution in [1.29, 1.82) is 0 Å². The highest BCUT2D eigenvalue weighted by atomic mass is 32.2. The van der Waals surface area contributed by atoms with E-state index in [1.165, 1.54) is 24.4 Å². The van der Waals surface area contributed by atoms with Gasteiger partial charge in [-0.3, -0.25) is 4.99 Å². The molecule has 0 aromatic carbocycles. The summed E-state index contributed by atoms with van der Waals surface area (Å²) in [4.78, 5) is 4.63. The fourth-order valence-electron chi connectivity index (χ4n) is 2.32. The summed E-state index contributed by atoms with van der Waals surface area (Å²) in [6, 6.07) is 0. The van der Waals surface area contributed by atoms with E-state index in [2.05, 4.69) is 38.0 Å². The summed E-state index contributed by atoms with van der Waals surface area (Å²) in [5, 5.41) is 5.52. The van der Waals surface area contributed by atoms with Gasteiger partial charge in [0.15, 0.2) is 5.17 Å². The number of nitrogens with zero attached hydrogens (tertiary/aromatic N) is 1. The third kappa shape index (κ3) is 3.16. The van der Waals surface area contributed by atoms with Crippen molar-refractivity contribution < 1.29 is 0 Å². The average molecular weight is 240 g/mol. The maximum absolute atomic E-state index is 4.63. The Bertz CT molecular complexity index is 280. The minimum Gasteiger partial charge on any atom is -0.360 e. The second-order valence-electron chi connectivity index (χ2n) is 6.14. The van der Waals surface area contributed by atoms with Gasteiger partial charge in [-0.05, 0) is 44.9 Å². The summed E-state index contributed by atoms with van der Waals surface area (Å²) in [6.45, 7) is 10.2. The molecule has 0 spiro atoms. The zero-order valence-electron chi connectivity index (χ0n) is 10.9. The summed E-state index contributed by atoms with van der Waals surface area (Å²) in [7, 11) is 0. The second kappa shape index (κ2) is 4.59. The van der Waals surface area contributed by atoms with E-state index < -0.39 is 0 Å². The van der Waals surface area contributed by atoms with Gasteiger partial charge in [0.2, 0.25) is 0 Å². The van der Waals surface area contributed by atoms with Gasteiger partial charge < -0.3 is 5.32 Å². The number of aliphatic imine (C=N–C) groups is 1. The predicted molar refractivity (Wildman–Crippen MR) is 73.1 cm³/mol. The van der Waals surface area contributed by atoms with Gasteiger partial charge in [-0.2, -0.15) is 0 Å². The van der Waals surface area contributed by atoms with Gasteiger partial charge in [-0.1, -0.05) is 25.6 Å². The number of rotatable bonds is 4. The molecule has 16 heavy (non-hydrogen) atoms. The van der Waals surface area contributed by atoms with Gasteiger partial charge in [0.1, 0.15) is 0 Å². The first kappa shape index (κ1) is 12.3. The Balaban J connectivity index is 1.79. The predicted octanol–water partition coefficient (Wildman–Crippen LogP) is 3.28. The third-order valence-electron chi connectivity index (χ3n) is 3.48. The molecule has 1 saturated carbocycles. The molecule has 3 heteroatoms. The maximum Gasteiger partial charge on any atom is 0.157 e. The maximum atomic E-state index is 4.63. The van der Waals surface area contributed by atoms with Gasteiger partial charge in [-0.25, -0.2) is 0 Å². The van der Waals surface area contributed by atoms with Crippen LogP contribution >= 0.6 is 11.8 Å². The summed E-state index contributed by atoms with van der Waals surface area (Å²) >= 11 is 1.95. The van der Waals surface area contributed by atoms with Crippen LogP contribution in [0, 0.1) is 11.8 Å². The molecule has 0 bridgehead atoms. The molecular weight excluding hydrogens is 216 g/mol. The molecule has 1 unspecified atom stereocenters. The number of hydrogen-bond donors (Lipinski definition) is 1. The van der Waals surface area contributed by atoms with Crippen LogP contribution in [0.4, 0.5) is 0 Å². The van der Waals surface area contributed by atoms with E-state index in [0.717, 1.165) is 18.4 Å². The lowest BCUT2D eigenvalue weighted by Gasteiger charge is -2.27. The first-order valence-corrected chi connectivity index (χ1v) is 7.34. The minimum atomic E-state index is 0.249. The van der Waals surface area contributed by atoms with Crippen molar-refractivity contribution in [3.63, 3.8) is 0 Å². The van der Waals surface area contributed by atoms with E-state index >= 15 is 0 Å². The Morgan fingerprint density at radius 3 is 2.69 bits per heavy atom. The molecule has 0 aromatic rings. The molecule has 0 amide bonds. The normalized spacial score (nSPS) is 26.1. The fraction of sp³-hybridized carbons (Fsp3) is 0.923. The Hall–Kier alpha value is -0.180. The van der Waals surface area contributed by atoms with Gasteiger partial charge in [-0.15, -0.1) is 0 Å². The summed E-state index contributed by atoms with van der Waals surface area (Å²) in [5.41, 5.74) is 0.249. The molecule has 1 aliphatic heterocycles. The van der Waals surface area contributed by atoms with Crippen molar-refractivity contribution in [2.75, 3.05) is 6.54 Å². The van der Waals surface area contributed by atoms with Crippen LogP contribution in [0.15, 0.2) is 4.99 Å². The molecular formula is C13H24N2S. The van der Waals surface area contributed by atoms with E-state index in [1.807, 2.05) is 11.8 Å². The zero-order valence-corrected chi connectivity index (χ0v) is 11.7. The van der Waals surface area contributed by atoms with Crippen molar-refractivity contribution in [2.45, 2.75) is 57.7 Å². The number of thioether (sulfide) groups is 1. The summed E-state index contributed by atoms with van der Waals surface area (Å²) in [6.07, 6.45) is 4.05. The van der Waals surface area contributed by atoms with Crippen LogP contribution in [0.2, 0.25) is 0 Å². The molecule has 0 radical (unpaired) electrons. The molecule has 1 fully saturated rings. The largest absolute Gasteiger partial charge is 0.360 e. The molecule has 1 heterocycles. The number of hydrogen-bond acceptors (Lipinski definition) is 3. The van der Waals surface area contributed by atoms with Gasteiger partial charge in [0, 0.05) is 10.8 Å². The fourth-order valence-corrected chi connectivity index (χ4v) is 3.73. The molecule has 1 atom stereocenters. The van der Waals surface area contributed by atoms with Crippen LogP contribution in [-0.2, 0) is 0 Å². The van der Waals surface area contributed by atoms with Crippen molar-refractivity contribution in [3.8, 4) is 0 Å². The number of nitrogens with one attached hydrogen (secondary N) is 1. The van der Waals surface area contributed by atoms with Crippen molar-refractivity contribution in [1.82, 2.24) is 5.32 Å². The average Bonchev–Trinajstić information content (AvgIpc) is 2.91. The van der Waals surface area contributed by atoms with E-state index in [4.69, 9.17) is 0 Å². The Kier molecular flexibility index (Phi) is 3.53. The lowest BCUT2D eigenvalue weighted by atomic mass is 9.99. The molecule has 92 valence electrons. The second-order valence-corrected chi connectivity index (χ2v) is 7.43. The van der Waals surface area contributed by atoms with Crippen LogP contribution in [-0.4, -0.2) is 22.5 Å². The Labute approximate surface area is 104 Å². The molecule has 2 rings (SSSR count). The van der Waals surface area contributed by atoms with Crippen LogP contribution in [0.25, 0.3) is 0 Å². The van der Waals surface area contributed by atoms with E-state index in [0.29, 0.717) is 5.25 Å². The van der Waals surface area contributed by atoms with Crippen molar-refractivity contribution in [2.24, 2.45) is 16.8 Å². The quantitative estimate of drug-likeness (QED) is 0.815. The number of amidine groups is 1. The molecule has 0 aromatic heterocycles. The SMILES string of the molecule is CC(C)CC1CN=C(NC(C)(C)C2CC2)S1. The van der Waals surface area contributed by atoms with Crippen LogP contribution in [0.1, 0.15) is 47.0 Å². The topological polar surface area (TPSA) is 24.4 Å². The summed E-state index contributed by atoms with van der Waals surface area (Å²) in [5.74, 6) is 1.64. The van der Waals surface area contributed by atoms with Crippen LogP contribution in [0.3, 0.4) is 0 Å². The zero-order chi connectivity index (χ0) is 11.8. The monoisotopic (exact) mass is 240 g/mol. The highest BCUT2D eigenvalue weighted by Crippen LogP contribution is 2.40. The third-order valence-corrected chi connectivity index (χ3v) is 4.61. The Morgan fingerprint density at radius 2 is 2.12 bits per heavy atom. The lowest BCUT2D eigenvalue weighted by molar-refractivity contribution is 0.404. The van der Waals surface area contributed by atoms with Crippen molar-refractivity contribution >= 4 is 16.9 Å². The molecule has 1 N–H and O–H groups in total. The molecule has 2 aliphatic rings. The molecule has 0 saturated heterocycles. The highest BCUT2D eigenvalue weighted by molar-refractivity contribution is 8.14. The summed E-state index contributed by atoms with van der Waals surface area (Å²) < 4.78 is 0. The smallest absolute Gasteiger partial charge is 0.157 e. The Morgan fingerprint density at radius 1 is 1.44 bits per heavy atom. The molecule has 1 aliphatic carbocycles. The highest BCUT2D eigenvalue weighted by Gasteiger charge is 2.39. The van der Waals surface area contributed by atoms with E-state index in [1.54, 1.807) is 0 Å². The van der Waals surface area contributed by atoms with Crippen molar-refractivity contribution in [3.05, 3.63) is 0 Å². The lowest BCUT2D eigenvalue weighted by Crippen LogP contribution is -2.43. The van der Waals surface area contributed by atoms with E-state index in [-0.39, 0.29) is 5.54 Å². The van der Waals surface area contributed by atoms with Crippen LogP contribution < -0.4 is 5.32 Å². The van der Waals surface area contributed by atoms with Gasteiger partial charge in [0.05, 0.1) is 6.54 Å². The van der Waals surface area contributed by atoms with E-state index in [9.17, 15) is 0 Å². The van der Waals surface area contributed by atoms with Gasteiger partial charge in [0.25, 0.3) is 0 Å². The first-order valence-electron chi connectivity index (χ1n) is 6.46. The minimum absolute atomic E-state index is 0.249. The first-order chi connectivity index (χ1) is 7.47. The standard InChI is InChI=1S/C13H24N2S/c1-9(2)7-11-8-14-12(16-11)15-13(3,4)10-5-6-10/h9-11H,5-8H2,1-4H3,(H,14,15). The van der Waals surface area contributed by atoms with Gasteiger partial charge >= 0.3 is 0 Å². The molecule has 2 nitrogen and oxygen atoms in total.